The summed E-state index contributed by atoms with van der Waals surface area (Å²) in [6.07, 6.45) is 5.67. The summed E-state index contributed by atoms with van der Waals surface area (Å²) in [6.45, 7) is 19.3. The molecule has 2 atom stereocenters. The first kappa shape index (κ1) is 16.7. The zero-order chi connectivity index (χ0) is 16.1. The maximum absolute atomic E-state index is 2.84. The van der Waals surface area contributed by atoms with Gasteiger partial charge < -0.3 is 0 Å². The molecule has 0 saturated carbocycles. The van der Waals surface area contributed by atoms with Crippen LogP contribution in [0.25, 0.3) is 0 Å². The summed E-state index contributed by atoms with van der Waals surface area (Å²) in [6, 6.07) is 2.52. The van der Waals surface area contributed by atoms with Crippen LogP contribution in [0.2, 0.25) is 0 Å². The van der Waals surface area contributed by atoms with Gasteiger partial charge in [-0.3, -0.25) is 14.7 Å². The van der Waals surface area contributed by atoms with Gasteiger partial charge in [0.2, 0.25) is 0 Å². The smallest absolute Gasteiger partial charge is 0.0130 e. The molecule has 0 N–H and O–H groups in total. The Bertz CT molecular complexity index is 370. The molecule has 0 amide bonds. The van der Waals surface area contributed by atoms with Crippen LogP contribution in [-0.2, 0) is 0 Å². The molecule has 128 valence electrons. The van der Waals surface area contributed by atoms with Crippen LogP contribution < -0.4 is 0 Å². The van der Waals surface area contributed by atoms with Crippen LogP contribution in [0.5, 0.6) is 0 Å². The van der Waals surface area contributed by atoms with Gasteiger partial charge in [-0.2, -0.15) is 0 Å². The second kappa shape index (κ2) is 5.75. The molecule has 0 aliphatic carbocycles. The molecule has 2 unspecified atom stereocenters. The Morgan fingerprint density at radius 3 is 1.55 bits per heavy atom. The minimum absolute atomic E-state index is 0.334. The highest BCUT2D eigenvalue weighted by molar-refractivity contribution is 5.03. The first-order chi connectivity index (χ1) is 10.2. The van der Waals surface area contributed by atoms with E-state index in [1.54, 1.807) is 0 Å². The summed E-state index contributed by atoms with van der Waals surface area (Å²) in [5.41, 5.74) is 0.683. The summed E-state index contributed by atoms with van der Waals surface area (Å²) >= 11 is 0. The third-order valence-electron chi connectivity index (χ3n) is 6.26. The molecule has 3 heteroatoms. The van der Waals surface area contributed by atoms with Gasteiger partial charge in [-0.05, 0) is 67.2 Å². The van der Waals surface area contributed by atoms with Gasteiger partial charge in [-0.25, -0.2) is 0 Å². The Kier molecular flexibility index (Phi) is 4.37. The minimum atomic E-state index is 0.334. The fourth-order valence-electron chi connectivity index (χ4n) is 5.30. The van der Waals surface area contributed by atoms with Gasteiger partial charge in [0.1, 0.15) is 0 Å². The molecule has 0 aromatic rings. The summed E-state index contributed by atoms with van der Waals surface area (Å²) < 4.78 is 0. The number of fused-ring (bicyclic) bond motifs is 2. The summed E-state index contributed by atoms with van der Waals surface area (Å²) in [4.78, 5) is 8.31. The standard InChI is InChI=1S/C19H37N3/c1-18(2,3)21-11-9-20(10-12-21)17-13-15-7-8-16(14-17)22(15)19(4,5)6/h15-17H,7-14H2,1-6H3. The summed E-state index contributed by atoms with van der Waals surface area (Å²) in [5.74, 6) is 0. The van der Waals surface area contributed by atoms with Crippen molar-refractivity contribution in [1.82, 2.24) is 14.7 Å². The predicted octanol–water partition coefficient (Wildman–Crippen LogP) is 3.20. The monoisotopic (exact) mass is 307 g/mol. The highest BCUT2D eigenvalue weighted by atomic mass is 15.3. The zero-order valence-electron chi connectivity index (χ0n) is 15.7. The Labute approximate surface area is 138 Å². The largest absolute Gasteiger partial charge is 0.298 e. The maximum Gasteiger partial charge on any atom is 0.0130 e. The average molecular weight is 308 g/mol. The molecule has 22 heavy (non-hydrogen) atoms. The van der Waals surface area contributed by atoms with Crippen molar-refractivity contribution in [3.63, 3.8) is 0 Å². The van der Waals surface area contributed by atoms with E-state index in [1.165, 1.54) is 51.9 Å². The van der Waals surface area contributed by atoms with E-state index in [-0.39, 0.29) is 0 Å². The molecule has 0 radical (unpaired) electrons. The van der Waals surface area contributed by atoms with Crippen LogP contribution in [0.15, 0.2) is 0 Å². The van der Waals surface area contributed by atoms with Crippen molar-refractivity contribution >= 4 is 0 Å². The SMILES string of the molecule is CC(C)(C)N1CCN(C2CC3CCC(C2)N3C(C)(C)C)CC1. The molecule has 3 aliphatic heterocycles. The first-order valence-electron chi connectivity index (χ1n) is 9.44. The molecule has 3 aliphatic rings. The molecule has 3 saturated heterocycles. The lowest BCUT2D eigenvalue weighted by molar-refractivity contribution is -0.0204. The van der Waals surface area contributed by atoms with Crippen LogP contribution in [0.3, 0.4) is 0 Å². The summed E-state index contributed by atoms with van der Waals surface area (Å²) in [5, 5.41) is 0. The van der Waals surface area contributed by atoms with E-state index in [4.69, 9.17) is 0 Å². The van der Waals surface area contributed by atoms with Crippen molar-refractivity contribution in [2.45, 2.75) is 96.4 Å². The topological polar surface area (TPSA) is 9.72 Å². The molecule has 3 fully saturated rings. The molecular formula is C19H37N3. The number of nitrogens with zero attached hydrogens (tertiary/aromatic N) is 3. The van der Waals surface area contributed by atoms with E-state index in [0.717, 1.165) is 18.1 Å². The van der Waals surface area contributed by atoms with Crippen molar-refractivity contribution in [1.29, 1.82) is 0 Å². The van der Waals surface area contributed by atoms with E-state index in [2.05, 4.69) is 56.2 Å². The van der Waals surface area contributed by atoms with E-state index < -0.39 is 0 Å². The number of rotatable bonds is 1. The van der Waals surface area contributed by atoms with Crippen LogP contribution in [-0.4, -0.2) is 70.1 Å². The maximum atomic E-state index is 2.84. The van der Waals surface area contributed by atoms with Gasteiger partial charge in [0.15, 0.2) is 0 Å². The number of hydrogen-bond donors (Lipinski definition) is 0. The van der Waals surface area contributed by atoms with E-state index in [1.807, 2.05) is 0 Å². The second-order valence-corrected chi connectivity index (χ2v) is 9.78. The molecule has 3 nitrogen and oxygen atoms in total. The molecule has 3 rings (SSSR count). The van der Waals surface area contributed by atoms with Crippen LogP contribution in [0.1, 0.15) is 67.2 Å². The van der Waals surface area contributed by atoms with Crippen molar-refractivity contribution in [2.75, 3.05) is 26.2 Å². The molecule has 0 spiro atoms. The fourth-order valence-corrected chi connectivity index (χ4v) is 5.30. The van der Waals surface area contributed by atoms with Gasteiger partial charge in [0, 0.05) is 55.4 Å². The lowest BCUT2D eigenvalue weighted by atomic mass is 9.90. The Morgan fingerprint density at radius 2 is 1.14 bits per heavy atom. The van der Waals surface area contributed by atoms with Gasteiger partial charge in [-0.1, -0.05) is 0 Å². The second-order valence-electron chi connectivity index (χ2n) is 9.78. The highest BCUT2D eigenvalue weighted by Gasteiger charge is 2.46. The van der Waals surface area contributed by atoms with Gasteiger partial charge in [-0.15, -0.1) is 0 Å². The predicted molar refractivity (Wildman–Crippen MR) is 94.3 cm³/mol. The number of piperidine rings is 1. The lowest BCUT2D eigenvalue weighted by Gasteiger charge is -2.51. The molecular weight excluding hydrogens is 270 g/mol. The van der Waals surface area contributed by atoms with Crippen molar-refractivity contribution in [2.24, 2.45) is 0 Å². The summed E-state index contributed by atoms with van der Waals surface area (Å²) in [7, 11) is 0. The quantitative estimate of drug-likeness (QED) is 0.736. The van der Waals surface area contributed by atoms with Gasteiger partial charge >= 0.3 is 0 Å². The van der Waals surface area contributed by atoms with Crippen LogP contribution >= 0.6 is 0 Å². The van der Waals surface area contributed by atoms with E-state index in [0.29, 0.717) is 11.1 Å². The van der Waals surface area contributed by atoms with E-state index >= 15 is 0 Å². The van der Waals surface area contributed by atoms with Crippen LogP contribution in [0.4, 0.5) is 0 Å². The van der Waals surface area contributed by atoms with E-state index in [9.17, 15) is 0 Å². The average Bonchev–Trinajstić information content (AvgIpc) is 2.70. The Morgan fingerprint density at radius 1 is 0.636 bits per heavy atom. The van der Waals surface area contributed by atoms with Gasteiger partial charge in [0.25, 0.3) is 0 Å². The number of piperazine rings is 1. The minimum Gasteiger partial charge on any atom is -0.298 e. The third-order valence-corrected chi connectivity index (χ3v) is 6.26. The lowest BCUT2D eigenvalue weighted by Crippen LogP contribution is -2.60. The van der Waals surface area contributed by atoms with Crippen molar-refractivity contribution in [3.8, 4) is 0 Å². The molecule has 0 aromatic heterocycles. The molecule has 3 heterocycles. The Hall–Kier alpha value is -0.120. The van der Waals surface area contributed by atoms with Crippen molar-refractivity contribution < 1.29 is 0 Å². The third kappa shape index (κ3) is 3.22. The normalized spacial score (nSPS) is 36.0. The molecule has 0 aromatic carbocycles. The van der Waals surface area contributed by atoms with Crippen LogP contribution in [0, 0.1) is 0 Å². The first-order valence-corrected chi connectivity index (χ1v) is 9.44. The van der Waals surface area contributed by atoms with Crippen molar-refractivity contribution in [3.05, 3.63) is 0 Å². The Balaban J connectivity index is 1.59. The van der Waals surface area contributed by atoms with Gasteiger partial charge in [0.05, 0.1) is 0 Å². The highest BCUT2D eigenvalue weighted by Crippen LogP contribution is 2.42. The number of hydrogen-bond acceptors (Lipinski definition) is 3. The fraction of sp³-hybridized carbons (Fsp3) is 1.00. The zero-order valence-corrected chi connectivity index (χ0v) is 15.7. The molecule has 2 bridgehead atoms.